The van der Waals surface area contributed by atoms with Gasteiger partial charge in [0.2, 0.25) is 17.7 Å². The molecule has 2 aromatic rings. The lowest BCUT2D eigenvalue weighted by Gasteiger charge is -2.29. The van der Waals surface area contributed by atoms with Gasteiger partial charge >= 0.3 is 0 Å². The summed E-state index contributed by atoms with van der Waals surface area (Å²) in [6.07, 6.45) is 3.80. The molecule has 1 aromatic heterocycles. The number of hydrogen-bond acceptors (Lipinski definition) is 5. The minimum absolute atomic E-state index is 0.213. The van der Waals surface area contributed by atoms with Crippen molar-refractivity contribution in [3.05, 3.63) is 63.4 Å². The van der Waals surface area contributed by atoms with Gasteiger partial charge in [0, 0.05) is 36.0 Å². The number of amides is 4. The largest absolute Gasteiger partial charge is 0.348 e. The molecule has 1 fully saturated rings. The molecule has 1 saturated heterocycles. The van der Waals surface area contributed by atoms with Crippen molar-refractivity contribution in [1.29, 1.82) is 0 Å². The second-order valence-electron chi connectivity index (χ2n) is 6.96. The van der Waals surface area contributed by atoms with Crippen molar-refractivity contribution in [2.75, 3.05) is 0 Å². The molecule has 8 heteroatoms. The molecule has 0 spiro atoms. The van der Waals surface area contributed by atoms with Gasteiger partial charge in [0.15, 0.2) is 0 Å². The Morgan fingerprint density at radius 2 is 2.14 bits per heavy atom. The molecule has 0 bridgehead atoms. The van der Waals surface area contributed by atoms with Crippen LogP contribution in [-0.2, 0) is 27.5 Å². The van der Waals surface area contributed by atoms with Gasteiger partial charge in [-0.3, -0.25) is 24.5 Å². The van der Waals surface area contributed by atoms with Crippen LogP contribution in [0.4, 0.5) is 0 Å². The topological polar surface area (TPSA) is 95.6 Å². The van der Waals surface area contributed by atoms with Crippen LogP contribution >= 0.6 is 11.3 Å². The van der Waals surface area contributed by atoms with Crippen LogP contribution in [0.1, 0.15) is 39.2 Å². The van der Waals surface area contributed by atoms with E-state index in [2.05, 4.69) is 10.6 Å². The summed E-state index contributed by atoms with van der Waals surface area (Å²) in [7, 11) is 0. The van der Waals surface area contributed by atoms with Crippen LogP contribution in [0.2, 0.25) is 0 Å². The Morgan fingerprint density at radius 1 is 1.28 bits per heavy atom. The predicted molar refractivity (Wildman–Crippen MR) is 108 cm³/mol. The fourth-order valence-corrected chi connectivity index (χ4v) is 4.12. The van der Waals surface area contributed by atoms with Gasteiger partial charge in [-0.25, -0.2) is 0 Å². The molecule has 7 nitrogen and oxygen atoms in total. The van der Waals surface area contributed by atoms with Gasteiger partial charge < -0.3 is 10.2 Å². The average molecular weight is 409 g/mol. The molecule has 1 aromatic carbocycles. The Morgan fingerprint density at radius 3 is 2.90 bits per heavy atom. The zero-order valence-electron chi connectivity index (χ0n) is 15.5. The predicted octanol–water partition coefficient (Wildman–Crippen LogP) is 1.84. The van der Waals surface area contributed by atoms with Crippen LogP contribution in [0, 0.1) is 0 Å². The Labute approximate surface area is 171 Å². The molecular formula is C21H19N3O4S. The molecule has 2 aliphatic rings. The van der Waals surface area contributed by atoms with Crippen LogP contribution in [-0.4, -0.2) is 34.6 Å². The second kappa shape index (κ2) is 8.00. The highest BCUT2D eigenvalue weighted by atomic mass is 32.1. The lowest BCUT2D eigenvalue weighted by Crippen LogP contribution is -2.52. The van der Waals surface area contributed by atoms with Gasteiger partial charge in [0.25, 0.3) is 5.91 Å². The maximum atomic E-state index is 12.8. The van der Waals surface area contributed by atoms with Crippen molar-refractivity contribution in [1.82, 2.24) is 15.5 Å². The fourth-order valence-electron chi connectivity index (χ4n) is 3.50. The van der Waals surface area contributed by atoms with E-state index in [0.29, 0.717) is 25.1 Å². The highest BCUT2D eigenvalue weighted by molar-refractivity contribution is 7.10. The number of nitrogens with one attached hydrogen (secondary N) is 2. The zero-order valence-corrected chi connectivity index (χ0v) is 16.3. The first-order valence-electron chi connectivity index (χ1n) is 9.27. The van der Waals surface area contributed by atoms with Crippen LogP contribution in [0.3, 0.4) is 0 Å². The first-order valence-corrected chi connectivity index (χ1v) is 10.1. The van der Waals surface area contributed by atoms with E-state index in [-0.39, 0.29) is 24.1 Å². The Kier molecular flexibility index (Phi) is 5.26. The zero-order chi connectivity index (χ0) is 20.4. The summed E-state index contributed by atoms with van der Waals surface area (Å²) < 4.78 is 0. The number of thiophene rings is 1. The number of imide groups is 1. The first kappa shape index (κ1) is 19.1. The molecule has 3 heterocycles. The van der Waals surface area contributed by atoms with E-state index < -0.39 is 11.9 Å². The monoisotopic (exact) mass is 409 g/mol. The SMILES string of the molecule is O=C(C=Cc1cccs1)NCc1ccc2c(c1)C(=O)N(C1CCC(=O)NC1=O)C2. The fraction of sp³-hybridized carbons (Fsp3) is 0.238. The normalized spacial score (nSPS) is 18.8. The molecule has 0 radical (unpaired) electrons. The molecule has 0 saturated carbocycles. The molecule has 0 aliphatic carbocycles. The van der Waals surface area contributed by atoms with Gasteiger partial charge in [-0.2, -0.15) is 0 Å². The van der Waals surface area contributed by atoms with E-state index in [1.165, 1.54) is 11.0 Å². The number of nitrogens with zero attached hydrogens (tertiary/aromatic N) is 1. The molecular weight excluding hydrogens is 390 g/mol. The Balaban J connectivity index is 1.39. The summed E-state index contributed by atoms with van der Waals surface area (Å²) >= 11 is 1.55. The summed E-state index contributed by atoms with van der Waals surface area (Å²) in [5, 5.41) is 7.04. The average Bonchev–Trinajstić information content (AvgIpc) is 3.33. The standard InChI is InChI=1S/C21H19N3O4S/c25-18(7-5-15-2-1-9-29-15)22-11-13-3-4-14-12-24(21(28)16(14)10-13)17-6-8-19(26)23-20(17)27/h1-5,7,9-10,17H,6,8,11-12H2,(H,22,25)(H,23,26,27). The van der Waals surface area contributed by atoms with E-state index in [9.17, 15) is 19.2 Å². The van der Waals surface area contributed by atoms with Crippen molar-refractivity contribution in [3.63, 3.8) is 0 Å². The number of hydrogen-bond donors (Lipinski definition) is 2. The molecule has 1 unspecified atom stereocenters. The molecule has 2 N–H and O–H groups in total. The van der Waals surface area contributed by atoms with E-state index in [4.69, 9.17) is 0 Å². The number of fused-ring (bicyclic) bond motifs is 1. The Bertz CT molecular complexity index is 1010. The number of carbonyl (C=O) groups is 4. The maximum Gasteiger partial charge on any atom is 0.255 e. The Hall–Kier alpha value is -3.26. The molecule has 148 valence electrons. The molecule has 2 aliphatic heterocycles. The number of carbonyl (C=O) groups excluding carboxylic acids is 4. The summed E-state index contributed by atoms with van der Waals surface area (Å²) in [6, 6.07) is 8.69. The number of benzene rings is 1. The summed E-state index contributed by atoms with van der Waals surface area (Å²) in [4.78, 5) is 50.8. The van der Waals surface area contributed by atoms with Crippen molar-refractivity contribution in [3.8, 4) is 0 Å². The minimum atomic E-state index is -0.627. The van der Waals surface area contributed by atoms with E-state index in [1.807, 2.05) is 29.6 Å². The van der Waals surface area contributed by atoms with Crippen LogP contribution in [0.15, 0.2) is 41.8 Å². The summed E-state index contributed by atoms with van der Waals surface area (Å²) in [6.45, 7) is 0.642. The summed E-state index contributed by atoms with van der Waals surface area (Å²) in [5.41, 5.74) is 2.18. The van der Waals surface area contributed by atoms with Gasteiger partial charge in [0.1, 0.15) is 6.04 Å². The van der Waals surface area contributed by atoms with Gasteiger partial charge in [0.05, 0.1) is 0 Å². The molecule has 4 amide bonds. The minimum Gasteiger partial charge on any atom is -0.348 e. The number of rotatable bonds is 5. The number of piperidine rings is 1. The first-order chi connectivity index (χ1) is 14.0. The van der Waals surface area contributed by atoms with Gasteiger partial charge in [-0.05, 0) is 41.1 Å². The lowest BCUT2D eigenvalue weighted by molar-refractivity contribution is -0.137. The van der Waals surface area contributed by atoms with Crippen molar-refractivity contribution >= 4 is 41.0 Å². The van der Waals surface area contributed by atoms with Crippen molar-refractivity contribution < 1.29 is 19.2 Å². The summed E-state index contributed by atoms with van der Waals surface area (Å²) in [5.74, 6) is -1.16. The van der Waals surface area contributed by atoms with Gasteiger partial charge in [-0.15, -0.1) is 11.3 Å². The van der Waals surface area contributed by atoms with Crippen LogP contribution in [0.25, 0.3) is 6.08 Å². The third kappa shape index (κ3) is 4.12. The third-order valence-electron chi connectivity index (χ3n) is 5.00. The third-order valence-corrected chi connectivity index (χ3v) is 5.84. The van der Waals surface area contributed by atoms with E-state index in [0.717, 1.165) is 16.0 Å². The molecule has 29 heavy (non-hydrogen) atoms. The van der Waals surface area contributed by atoms with Gasteiger partial charge in [-0.1, -0.05) is 18.2 Å². The molecule has 4 rings (SSSR count). The van der Waals surface area contributed by atoms with E-state index in [1.54, 1.807) is 23.5 Å². The highest BCUT2D eigenvalue weighted by Gasteiger charge is 2.39. The highest BCUT2D eigenvalue weighted by Crippen LogP contribution is 2.28. The maximum absolute atomic E-state index is 12.8. The van der Waals surface area contributed by atoms with Crippen molar-refractivity contribution in [2.45, 2.75) is 32.0 Å². The smallest absolute Gasteiger partial charge is 0.255 e. The van der Waals surface area contributed by atoms with Crippen LogP contribution in [0.5, 0.6) is 0 Å². The quantitative estimate of drug-likeness (QED) is 0.582. The molecule has 1 atom stereocenters. The van der Waals surface area contributed by atoms with E-state index >= 15 is 0 Å². The lowest BCUT2D eigenvalue weighted by atomic mass is 10.0. The van der Waals surface area contributed by atoms with Crippen LogP contribution < -0.4 is 10.6 Å². The van der Waals surface area contributed by atoms with Crippen molar-refractivity contribution in [2.24, 2.45) is 0 Å². The second-order valence-corrected chi connectivity index (χ2v) is 7.94.